The van der Waals surface area contributed by atoms with Crippen molar-refractivity contribution in [1.29, 1.82) is 0 Å². The van der Waals surface area contributed by atoms with Crippen LogP contribution in [-0.4, -0.2) is 64.1 Å². The number of H-pyrrole nitrogens is 1. The Morgan fingerprint density at radius 1 is 1.08 bits per heavy atom. The number of carbonyl (C=O) groups is 2. The fourth-order valence-corrected chi connectivity index (χ4v) is 6.20. The lowest BCUT2D eigenvalue weighted by Crippen LogP contribution is -2.60. The Labute approximate surface area is 225 Å². The minimum atomic E-state index is -0.935. The summed E-state index contributed by atoms with van der Waals surface area (Å²) in [6.45, 7) is 6.90. The molecule has 2 aromatic carbocycles. The van der Waals surface area contributed by atoms with Crippen LogP contribution < -0.4 is 10.6 Å². The second-order valence-electron chi connectivity index (χ2n) is 11.7. The Bertz CT molecular complexity index is 1300. The minimum Gasteiger partial charge on any atom is -0.392 e. The molecule has 0 unspecified atom stereocenters. The molecule has 2 heterocycles. The molecule has 0 radical (unpaired) electrons. The molecular formula is C31H40N4O3. The summed E-state index contributed by atoms with van der Waals surface area (Å²) < 4.78 is 0. The lowest BCUT2D eigenvalue weighted by Gasteiger charge is -2.41. The number of nitrogens with one attached hydrogen (secondary N) is 3. The van der Waals surface area contributed by atoms with Crippen LogP contribution in [0.25, 0.3) is 10.9 Å². The van der Waals surface area contributed by atoms with Crippen LogP contribution in [0.4, 0.5) is 0 Å². The zero-order valence-electron chi connectivity index (χ0n) is 22.7. The van der Waals surface area contributed by atoms with Gasteiger partial charge in [0.25, 0.3) is 0 Å². The number of para-hydroxylation sites is 1. The van der Waals surface area contributed by atoms with E-state index >= 15 is 0 Å². The van der Waals surface area contributed by atoms with Crippen LogP contribution in [0.2, 0.25) is 0 Å². The average molecular weight is 517 g/mol. The SMILES string of the molecule is C[C@H](O)CNC(C)(C)C(=O)N[C@H](Cc1c[nH]c2ccccc12)C(=O)N1CCC2(CCc3ccccc32)CC1. The van der Waals surface area contributed by atoms with Crippen LogP contribution in [0, 0.1) is 0 Å². The topological polar surface area (TPSA) is 97.5 Å². The third-order valence-corrected chi connectivity index (χ3v) is 8.60. The fraction of sp³-hybridized carbons (Fsp3) is 0.484. The van der Waals surface area contributed by atoms with Crippen LogP contribution in [-0.2, 0) is 27.8 Å². The number of carbonyl (C=O) groups excluding carboxylic acids is 2. The van der Waals surface area contributed by atoms with E-state index in [1.165, 1.54) is 11.1 Å². The number of hydrogen-bond donors (Lipinski definition) is 4. The summed E-state index contributed by atoms with van der Waals surface area (Å²) in [6.07, 6.45) is 5.92. The van der Waals surface area contributed by atoms with Gasteiger partial charge in [0, 0.05) is 43.2 Å². The highest BCUT2D eigenvalue weighted by Crippen LogP contribution is 2.46. The van der Waals surface area contributed by atoms with Crippen molar-refractivity contribution in [3.63, 3.8) is 0 Å². The summed E-state index contributed by atoms with van der Waals surface area (Å²) in [5.74, 6) is -0.286. The number of aliphatic hydroxyl groups excluding tert-OH is 1. The molecule has 1 aliphatic heterocycles. The quantitative estimate of drug-likeness (QED) is 0.369. The summed E-state index contributed by atoms with van der Waals surface area (Å²) in [7, 11) is 0. The molecule has 0 saturated carbocycles. The molecule has 2 aliphatic rings. The molecule has 2 atom stereocenters. The first kappa shape index (κ1) is 26.4. The normalized spacial score (nSPS) is 18.4. The fourth-order valence-electron chi connectivity index (χ4n) is 6.20. The van der Waals surface area contributed by atoms with Gasteiger partial charge in [-0.05, 0) is 74.6 Å². The summed E-state index contributed by atoms with van der Waals surface area (Å²) in [6, 6.07) is 16.1. The van der Waals surface area contributed by atoms with Gasteiger partial charge in [-0.25, -0.2) is 0 Å². The van der Waals surface area contributed by atoms with Crippen molar-refractivity contribution in [2.75, 3.05) is 19.6 Å². The maximum absolute atomic E-state index is 14.0. The number of hydrogen-bond acceptors (Lipinski definition) is 4. The van der Waals surface area contributed by atoms with E-state index < -0.39 is 17.7 Å². The summed E-state index contributed by atoms with van der Waals surface area (Å²) in [5.41, 5.74) is 4.15. The van der Waals surface area contributed by atoms with E-state index in [-0.39, 0.29) is 23.8 Å². The molecule has 0 bridgehead atoms. The number of likely N-dealkylation sites (tertiary alicyclic amines) is 1. The molecule has 2 amide bonds. The van der Waals surface area contributed by atoms with Gasteiger partial charge in [-0.15, -0.1) is 0 Å². The van der Waals surface area contributed by atoms with Gasteiger partial charge in [0.1, 0.15) is 6.04 Å². The van der Waals surface area contributed by atoms with Gasteiger partial charge in [0.05, 0.1) is 11.6 Å². The molecule has 7 nitrogen and oxygen atoms in total. The number of piperidine rings is 1. The zero-order valence-corrected chi connectivity index (χ0v) is 22.7. The van der Waals surface area contributed by atoms with Crippen molar-refractivity contribution in [1.82, 2.24) is 20.5 Å². The Morgan fingerprint density at radius 3 is 2.55 bits per heavy atom. The largest absolute Gasteiger partial charge is 0.392 e. The lowest BCUT2D eigenvalue weighted by atomic mass is 9.73. The van der Waals surface area contributed by atoms with E-state index in [9.17, 15) is 14.7 Å². The predicted molar refractivity (Wildman–Crippen MR) is 150 cm³/mol. The van der Waals surface area contributed by atoms with Crippen molar-refractivity contribution in [3.8, 4) is 0 Å². The van der Waals surface area contributed by atoms with Gasteiger partial charge in [-0.3, -0.25) is 9.59 Å². The first-order valence-electron chi connectivity index (χ1n) is 13.8. The average Bonchev–Trinajstić information content (AvgIpc) is 3.49. The van der Waals surface area contributed by atoms with E-state index in [1.54, 1.807) is 20.8 Å². The van der Waals surface area contributed by atoms with E-state index in [0.29, 0.717) is 19.5 Å². The second-order valence-corrected chi connectivity index (χ2v) is 11.7. The monoisotopic (exact) mass is 516 g/mol. The zero-order chi connectivity index (χ0) is 26.9. The first-order valence-corrected chi connectivity index (χ1v) is 13.8. The summed E-state index contributed by atoms with van der Waals surface area (Å²) in [4.78, 5) is 32.6. The van der Waals surface area contributed by atoms with Crippen molar-refractivity contribution < 1.29 is 14.7 Å². The molecule has 1 aromatic heterocycles. The molecule has 5 rings (SSSR count). The Kier molecular flexibility index (Phi) is 7.34. The number of benzene rings is 2. The number of fused-ring (bicyclic) bond motifs is 3. The van der Waals surface area contributed by atoms with E-state index in [2.05, 4.69) is 39.9 Å². The van der Waals surface area contributed by atoms with Crippen molar-refractivity contribution in [2.24, 2.45) is 0 Å². The molecule has 202 valence electrons. The smallest absolute Gasteiger partial charge is 0.245 e. The highest BCUT2D eigenvalue weighted by atomic mass is 16.3. The first-order chi connectivity index (χ1) is 18.2. The molecule has 1 spiro atoms. The standard InChI is InChI=1S/C31H40N4O3/c1-21(36)19-33-30(2,3)29(38)34-27(18-23-20-32-26-11-7-5-9-24(23)26)28(37)35-16-14-31(15-17-35)13-12-22-8-4-6-10-25(22)31/h4-11,20-21,27,32-33,36H,12-19H2,1-3H3,(H,34,38)/t21-,27+/m0/s1. The van der Waals surface area contributed by atoms with Crippen LogP contribution in [0.1, 0.15) is 56.7 Å². The summed E-state index contributed by atoms with van der Waals surface area (Å²) >= 11 is 0. The Hall–Kier alpha value is -3.16. The maximum atomic E-state index is 14.0. The highest BCUT2D eigenvalue weighted by Gasteiger charge is 2.43. The third-order valence-electron chi connectivity index (χ3n) is 8.60. The summed E-state index contributed by atoms with van der Waals surface area (Å²) in [5, 5.41) is 17.0. The minimum absolute atomic E-state index is 0.0314. The molecule has 1 aliphatic carbocycles. The van der Waals surface area contributed by atoms with Gasteiger partial charge in [-0.2, -0.15) is 0 Å². The molecular weight excluding hydrogens is 476 g/mol. The van der Waals surface area contributed by atoms with Crippen molar-refractivity contribution >= 4 is 22.7 Å². The van der Waals surface area contributed by atoms with Crippen LogP contribution in [0.5, 0.6) is 0 Å². The number of aromatic amines is 1. The molecule has 1 saturated heterocycles. The van der Waals surface area contributed by atoms with Gasteiger partial charge < -0.3 is 25.6 Å². The van der Waals surface area contributed by atoms with Crippen molar-refractivity contribution in [3.05, 3.63) is 71.4 Å². The van der Waals surface area contributed by atoms with Gasteiger partial charge in [0.15, 0.2) is 0 Å². The molecule has 1 fully saturated rings. The van der Waals surface area contributed by atoms with Gasteiger partial charge >= 0.3 is 0 Å². The van der Waals surface area contributed by atoms with Crippen LogP contribution in [0.15, 0.2) is 54.7 Å². The van der Waals surface area contributed by atoms with Gasteiger partial charge in [-0.1, -0.05) is 42.5 Å². The third kappa shape index (κ3) is 5.22. The Morgan fingerprint density at radius 2 is 1.79 bits per heavy atom. The lowest BCUT2D eigenvalue weighted by molar-refractivity contribution is -0.139. The number of aromatic nitrogens is 1. The number of rotatable bonds is 8. The number of β-amino-alcohol motifs (C(OH)–C–C–N with tert-alkyl or cyclic N) is 1. The van der Waals surface area contributed by atoms with Gasteiger partial charge in [0.2, 0.25) is 11.8 Å². The number of amides is 2. The second kappa shape index (κ2) is 10.5. The molecule has 3 aromatic rings. The van der Waals surface area contributed by atoms with Crippen LogP contribution in [0.3, 0.4) is 0 Å². The Balaban J connectivity index is 1.34. The molecule has 4 N–H and O–H groups in total. The van der Waals surface area contributed by atoms with E-state index in [0.717, 1.165) is 42.1 Å². The highest BCUT2D eigenvalue weighted by molar-refractivity contribution is 5.92. The maximum Gasteiger partial charge on any atom is 0.245 e. The predicted octanol–water partition coefficient (Wildman–Crippen LogP) is 3.45. The van der Waals surface area contributed by atoms with Crippen molar-refractivity contribution in [2.45, 2.75) is 76.0 Å². The number of aryl methyl sites for hydroxylation is 1. The molecule has 38 heavy (non-hydrogen) atoms. The van der Waals surface area contributed by atoms with E-state index in [4.69, 9.17) is 0 Å². The number of nitrogens with zero attached hydrogens (tertiary/aromatic N) is 1. The van der Waals surface area contributed by atoms with Crippen LogP contribution >= 0.6 is 0 Å². The van der Waals surface area contributed by atoms with E-state index in [1.807, 2.05) is 35.4 Å². The molecule has 7 heteroatoms. The number of aliphatic hydroxyl groups is 1.